The molecule has 0 saturated carbocycles. The van der Waals surface area contributed by atoms with Crippen LogP contribution in [0.15, 0.2) is 36.7 Å². The van der Waals surface area contributed by atoms with E-state index >= 15 is 0 Å². The number of aromatic nitrogens is 5. The molecular formula is C14H10ClFN6O. The van der Waals surface area contributed by atoms with E-state index in [1.54, 1.807) is 19.1 Å². The number of carbonyl (C=O) groups is 1. The molecule has 0 aliphatic rings. The molecule has 1 aromatic carbocycles. The first-order chi connectivity index (χ1) is 11.0. The normalized spacial score (nSPS) is 10.6. The summed E-state index contributed by atoms with van der Waals surface area (Å²) in [5.41, 5.74) is 1.24. The Morgan fingerprint density at radius 1 is 1.26 bits per heavy atom. The Morgan fingerprint density at radius 3 is 2.70 bits per heavy atom. The van der Waals surface area contributed by atoms with Crippen LogP contribution in [0.2, 0.25) is 5.15 Å². The number of carbonyl (C=O) groups excluding carboxylic acids is 1. The second-order valence-electron chi connectivity index (χ2n) is 4.59. The smallest absolute Gasteiger partial charge is 0.279 e. The first-order valence-electron chi connectivity index (χ1n) is 6.52. The highest BCUT2D eigenvalue weighted by Crippen LogP contribution is 2.15. The average molecular weight is 333 g/mol. The van der Waals surface area contributed by atoms with E-state index in [0.717, 1.165) is 0 Å². The maximum Gasteiger partial charge on any atom is 0.279 e. The molecule has 0 aliphatic carbocycles. The number of anilines is 1. The summed E-state index contributed by atoms with van der Waals surface area (Å²) in [4.78, 5) is 19.9. The van der Waals surface area contributed by atoms with Crippen LogP contribution in [0.1, 0.15) is 16.2 Å². The molecule has 1 N–H and O–H groups in total. The van der Waals surface area contributed by atoms with Gasteiger partial charge in [-0.2, -0.15) is 0 Å². The SMILES string of the molecule is Cc1c(C(=O)Nc2cc(Cl)ncn2)nnn1-c1ccc(F)cc1. The second-order valence-corrected chi connectivity index (χ2v) is 4.98. The molecule has 0 spiro atoms. The highest BCUT2D eigenvalue weighted by Gasteiger charge is 2.18. The molecule has 0 unspecified atom stereocenters. The van der Waals surface area contributed by atoms with Gasteiger partial charge in [0, 0.05) is 6.07 Å². The van der Waals surface area contributed by atoms with Gasteiger partial charge in [-0.05, 0) is 31.2 Å². The van der Waals surface area contributed by atoms with E-state index in [-0.39, 0.29) is 22.5 Å². The quantitative estimate of drug-likeness (QED) is 0.744. The summed E-state index contributed by atoms with van der Waals surface area (Å²) in [6.07, 6.45) is 1.24. The molecule has 2 heterocycles. The Hall–Kier alpha value is -2.87. The minimum Gasteiger partial charge on any atom is -0.305 e. The highest BCUT2D eigenvalue weighted by molar-refractivity contribution is 6.29. The Balaban J connectivity index is 1.86. The van der Waals surface area contributed by atoms with Gasteiger partial charge in [0.2, 0.25) is 0 Å². The maximum absolute atomic E-state index is 13.0. The van der Waals surface area contributed by atoms with Crippen LogP contribution in [0.3, 0.4) is 0 Å². The van der Waals surface area contributed by atoms with E-state index in [2.05, 4.69) is 25.6 Å². The Morgan fingerprint density at radius 2 is 2.00 bits per heavy atom. The van der Waals surface area contributed by atoms with Gasteiger partial charge in [-0.15, -0.1) is 5.10 Å². The third kappa shape index (κ3) is 3.16. The zero-order chi connectivity index (χ0) is 16.4. The van der Waals surface area contributed by atoms with Gasteiger partial charge in [-0.1, -0.05) is 16.8 Å². The van der Waals surface area contributed by atoms with Crippen LogP contribution >= 0.6 is 11.6 Å². The number of halogens is 2. The average Bonchev–Trinajstić information content (AvgIpc) is 2.90. The summed E-state index contributed by atoms with van der Waals surface area (Å²) >= 11 is 5.74. The third-order valence-corrected chi connectivity index (χ3v) is 3.26. The molecule has 116 valence electrons. The van der Waals surface area contributed by atoms with Crippen molar-refractivity contribution in [2.75, 3.05) is 5.32 Å². The zero-order valence-corrected chi connectivity index (χ0v) is 12.6. The lowest BCUT2D eigenvalue weighted by atomic mass is 10.3. The molecule has 0 atom stereocenters. The number of hydrogen-bond donors (Lipinski definition) is 1. The second kappa shape index (κ2) is 6.09. The highest BCUT2D eigenvalue weighted by atomic mass is 35.5. The lowest BCUT2D eigenvalue weighted by Crippen LogP contribution is -2.15. The minimum absolute atomic E-state index is 0.129. The Labute approximate surface area is 135 Å². The van der Waals surface area contributed by atoms with Gasteiger partial charge in [0.15, 0.2) is 5.69 Å². The van der Waals surface area contributed by atoms with Crippen molar-refractivity contribution in [3.8, 4) is 5.69 Å². The molecule has 23 heavy (non-hydrogen) atoms. The molecule has 0 fully saturated rings. The van der Waals surface area contributed by atoms with Crippen molar-refractivity contribution in [1.29, 1.82) is 0 Å². The van der Waals surface area contributed by atoms with E-state index in [4.69, 9.17) is 11.6 Å². The van der Waals surface area contributed by atoms with Crippen LogP contribution < -0.4 is 5.32 Å². The molecular weight excluding hydrogens is 323 g/mol. The van der Waals surface area contributed by atoms with Crippen molar-refractivity contribution in [2.45, 2.75) is 6.92 Å². The van der Waals surface area contributed by atoms with Crippen molar-refractivity contribution in [1.82, 2.24) is 25.0 Å². The van der Waals surface area contributed by atoms with Gasteiger partial charge in [0.05, 0.1) is 11.4 Å². The predicted molar refractivity (Wildman–Crippen MR) is 81.0 cm³/mol. The van der Waals surface area contributed by atoms with Gasteiger partial charge >= 0.3 is 0 Å². The summed E-state index contributed by atoms with van der Waals surface area (Å²) < 4.78 is 14.4. The Kier molecular flexibility index (Phi) is 3.98. The molecule has 9 heteroatoms. The minimum atomic E-state index is -0.481. The number of amides is 1. The molecule has 0 aliphatic heterocycles. The lowest BCUT2D eigenvalue weighted by Gasteiger charge is -2.04. The van der Waals surface area contributed by atoms with Gasteiger partial charge in [-0.25, -0.2) is 19.0 Å². The van der Waals surface area contributed by atoms with E-state index in [1.165, 1.54) is 29.2 Å². The first-order valence-corrected chi connectivity index (χ1v) is 6.89. The molecule has 7 nitrogen and oxygen atoms in total. The van der Waals surface area contributed by atoms with Crippen molar-refractivity contribution in [2.24, 2.45) is 0 Å². The van der Waals surface area contributed by atoms with Crippen LogP contribution in [0, 0.1) is 12.7 Å². The first kappa shape index (κ1) is 15.0. The van der Waals surface area contributed by atoms with Crippen molar-refractivity contribution in [3.05, 3.63) is 59.0 Å². The number of hydrogen-bond acceptors (Lipinski definition) is 5. The fourth-order valence-electron chi connectivity index (χ4n) is 1.94. The van der Waals surface area contributed by atoms with Crippen LogP contribution in [0.25, 0.3) is 5.69 Å². The lowest BCUT2D eigenvalue weighted by molar-refractivity contribution is 0.102. The standard InChI is InChI=1S/C14H10ClFN6O/c1-8-13(14(23)19-12-6-11(15)17-7-18-12)20-21-22(8)10-4-2-9(16)3-5-10/h2-7H,1H3,(H,17,18,19,23). The fraction of sp³-hybridized carbons (Fsp3) is 0.0714. The van der Waals surface area contributed by atoms with E-state index in [9.17, 15) is 9.18 Å². The fourth-order valence-corrected chi connectivity index (χ4v) is 2.09. The van der Waals surface area contributed by atoms with Crippen LogP contribution in [0.4, 0.5) is 10.2 Å². The summed E-state index contributed by atoms with van der Waals surface area (Å²) in [7, 11) is 0. The summed E-state index contributed by atoms with van der Waals surface area (Å²) in [6.45, 7) is 1.69. The van der Waals surface area contributed by atoms with E-state index < -0.39 is 5.91 Å². The molecule has 0 radical (unpaired) electrons. The summed E-state index contributed by atoms with van der Waals surface area (Å²) in [5, 5.41) is 10.6. The number of rotatable bonds is 3. The molecule has 2 aromatic heterocycles. The molecule has 0 bridgehead atoms. The number of benzene rings is 1. The van der Waals surface area contributed by atoms with Gasteiger partial charge in [0.25, 0.3) is 5.91 Å². The van der Waals surface area contributed by atoms with Crippen LogP contribution in [-0.2, 0) is 0 Å². The van der Waals surface area contributed by atoms with E-state index in [1.807, 2.05) is 0 Å². The zero-order valence-electron chi connectivity index (χ0n) is 11.9. The third-order valence-electron chi connectivity index (χ3n) is 3.06. The van der Waals surface area contributed by atoms with Crippen molar-refractivity contribution < 1.29 is 9.18 Å². The number of nitrogens with zero attached hydrogens (tertiary/aromatic N) is 5. The van der Waals surface area contributed by atoms with Crippen molar-refractivity contribution in [3.63, 3.8) is 0 Å². The molecule has 0 saturated heterocycles. The van der Waals surface area contributed by atoms with Gasteiger partial charge in [-0.3, -0.25) is 4.79 Å². The topological polar surface area (TPSA) is 85.6 Å². The maximum atomic E-state index is 13.0. The molecule has 1 amide bonds. The van der Waals surface area contributed by atoms with Crippen LogP contribution in [0.5, 0.6) is 0 Å². The molecule has 3 rings (SSSR count). The summed E-state index contributed by atoms with van der Waals surface area (Å²) in [5.74, 6) is -0.582. The molecule has 3 aromatic rings. The van der Waals surface area contributed by atoms with Gasteiger partial charge < -0.3 is 5.32 Å². The van der Waals surface area contributed by atoms with Gasteiger partial charge in [0.1, 0.15) is 23.1 Å². The number of nitrogens with one attached hydrogen (secondary N) is 1. The van der Waals surface area contributed by atoms with Crippen LogP contribution in [-0.4, -0.2) is 30.9 Å². The predicted octanol–water partition coefficient (Wildman–Crippen LogP) is 2.41. The monoisotopic (exact) mass is 332 g/mol. The summed E-state index contributed by atoms with van der Waals surface area (Å²) in [6, 6.07) is 7.11. The largest absolute Gasteiger partial charge is 0.305 e. The Bertz CT molecular complexity index is 864. The van der Waals surface area contributed by atoms with Crippen molar-refractivity contribution >= 4 is 23.3 Å². The van der Waals surface area contributed by atoms with E-state index in [0.29, 0.717) is 11.4 Å².